The zero-order valence-electron chi connectivity index (χ0n) is 28.9. The summed E-state index contributed by atoms with van der Waals surface area (Å²) in [5.41, 5.74) is -0.157. The van der Waals surface area contributed by atoms with Crippen LogP contribution in [0.1, 0.15) is 62.3 Å². The molecule has 4 atom stereocenters. The third-order valence-electron chi connectivity index (χ3n) is 11.9. The Hall–Kier alpha value is -4.78. The second-order valence-electron chi connectivity index (χ2n) is 15.2. The van der Waals surface area contributed by atoms with E-state index in [1.165, 1.54) is 12.4 Å². The molecule has 15 heteroatoms. The minimum absolute atomic E-state index is 0.000547. The molecule has 0 radical (unpaired) electrons. The van der Waals surface area contributed by atoms with E-state index in [0.29, 0.717) is 59.4 Å². The Balaban J connectivity index is 1.02. The highest BCUT2D eigenvalue weighted by Crippen LogP contribution is 2.43. The van der Waals surface area contributed by atoms with Crippen LogP contribution < -0.4 is 15.0 Å². The zero-order chi connectivity index (χ0) is 36.1. The van der Waals surface area contributed by atoms with Gasteiger partial charge in [0.15, 0.2) is 11.6 Å². The number of anilines is 1. The van der Waals surface area contributed by atoms with Crippen LogP contribution in [0.3, 0.4) is 0 Å². The average molecular weight is 738 g/mol. The molecule has 272 valence electrons. The minimum atomic E-state index is -3.79. The predicted octanol–water partition coefficient (Wildman–Crippen LogP) is 4.38. The maximum absolute atomic E-state index is 17.0. The Morgan fingerprint density at radius 1 is 1.04 bits per heavy atom. The Morgan fingerprint density at radius 3 is 2.66 bits per heavy atom. The summed E-state index contributed by atoms with van der Waals surface area (Å²) < 4.78 is 66.9. The van der Waals surface area contributed by atoms with Crippen molar-refractivity contribution in [1.82, 2.24) is 39.3 Å². The van der Waals surface area contributed by atoms with Gasteiger partial charge in [-0.15, -0.1) is 15.6 Å². The van der Waals surface area contributed by atoms with E-state index < -0.39 is 32.4 Å². The molecule has 0 unspecified atom stereocenters. The Morgan fingerprint density at radius 2 is 1.87 bits per heavy atom. The molecule has 5 aromatic rings. The molecule has 1 aliphatic carbocycles. The molecular formula is C38H37F2N9O3S. The first kappa shape index (κ1) is 32.8. The summed E-state index contributed by atoms with van der Waals surface area (Å²) in [6.45, 7) is 2.59. The number of rotatable bonds is 8. The van der Waals surface area contributed by atoms with Crippen molar-refractivity contribution in [2.75, 3.05) is 37.7 Å². The molecule has 2 bridgehead atoms. The van der Waals surface area contributed by atoms with Crippen molar-refractivity contribution in [3.63, 3.8) is 0 Å². The smallest absolute Gasteiger partial charge is 0.319 e. The van der Waals surface area contributed by atoms with Crippen LogP contribution in [-0.4, -0.2) is 98.1 Å². The van der Waals surface area contributed by atoms with E-state index in [1.54, 1.807) is 30.5 Å². The van der Waals surface area contributed by atoms with Crippen LogP contribution in [0.15, 0.2) is 42.9 Å². The summed E-state index contributed by atoms with van der Waals surface area (Å²) in [6.07, 6.45) is 14.7. The van der Waals surface area contributed by atoms with E-state index in [2.05, 4.69) is 41.1 Å². The molecule has 0 amide bonds. The fourth-order valence-corrected chi connectivity index (χ4v) is 10.7. The highest BCUT2D eigenvalue weighted by atomic mass is 32.2. The Labute approximate surface area is 305 Å². The molecule has 7 heterocycles. The Bertz CT molecular complexity index is 2450. The molecule has 1 N–H and O–H groups in total. The second-order valence-corrected chi connectivity index (χ2v) is 17.3. The van der Waals surface area contributed by atoms with Gasteiger partial charge in [0.25, 0.3) is 10.0 Å². The van der Waals surface area contributed by atoms with Gasteiger partial charge in [0.2, 0.25) is 0 Å². The van der Waals surface area contributed by atoms with Gasteiger partial charge in [0.05, 0.1) is 21.7 Å². The first-order valence-electron chi connectivity index (χ1n) is 18.3. The van der Waals surface area contributed by atoms with Crippen LogP contribution >= 0.6 is 0 Å². The normalized spacial score (nSPS) is 25.7. The lowest BCUT2D eigenvalue weighted by molar-refractivity contribution is 0.108. The molecule has 0 spiro atoms. The number of benzene rings is 2. The van der Waals surface area contributed by atoms with Gasteiger partial charge in [-0.3, -0.25) is 9.88 Å². The molecule has 4 saturated heterocycles. The SMILES string of the molecule is C#Cc1c(F)ccc2cccc(-c3ncc4c(N5C[C@H]6CC[C@@H](C5)N6)nc(OC[C@@]56CCCN5C[C@H](S(=O)(=O)n5cnc(C7CC7)n5)C6)nc4c3F)c12. The summed E-state index contributed by atoms with van der Waals surface area (Å²) >= 11 is 0. The van der Waals surface area contributed by atoms with Crippen molar-refractivity contribution in [3.05, 3.63) is 65.9 Å². The van der Waals surface area contributed by atoms with Gasteiger partial charge in [0, 0.05) is 54.8 Å². The van der Waals surface area contributed by atoms with Gasteiger partial charge >= 0.3 is 6.01 Å². The van der Waals surface area contributed by atoms with E-state index in [1.807, 2.05) is 0 Å². The van der Waals surface area contributed by atoms with Crippen molar-refractivity contribution >= 4 is 37.5 Å². The average Bonchev–Trinajstić information content (AvgIpc) is 3.43. The molecule has 5 fully saturated rings. The van der Waals surface area contributed by atoms with Gasteiger partial charge in [-0.25, -0.2) is 22.2 Å². The lowest BCUT2D eigenvalue weighted by Crippen LogP contribution is -2.51. The van der Waals surface area contributed by atoms with Crippen LogP contribution in [0, 0.1) is 24.0 Å². The largest absolute Gasteiger partial charge is 0.461 e. The van der Waals surface area contributed by atoms with Crippen LogP contribution in [0.5, 0.6) is 6.01 Å². The van der Waals surface area contributed by atoms with Crippen molar-refractivity contribution in [3.8, 4) is 29.6 Å². The standard InChI is InChI=1S/C38H37F2N9O3S/c1-2-27-30(39)12-9-22-5-3-6-28(31(22)27)33-32(40)34-29(16-41-33)36(47-17-24-10-11-25(18-47)43-24)45-37(44-34)52-20-38-13-4-14-48(38)19-26(15-38)53(50,51)49-21-42-35(46-49)23-7-8-23/h1,3,5-6,9,12,16,21,23-26,43H,4,7-8,10-11,13-15,17-20H2/t24-,25+,26-,38+/m1/s1. The van der Waals surface area contributed by atoms with Crippen LogP contribution in [0.2, 0.25) is 0 Å². The highest BCUT2D eigenvalue weighted by Gasteiger charge is 2.53. The maximum Gasteiger partial charge on any atom is 0.319 e. The van der Waals surface area contributed by atoms with E-state index in [4.69, 9.17) is 16.1 Å². The van der Waals surface area contributed by atoms with Crippen molar-refractivity contribution in [2.45, 2.75) is 73.7 Å². The van der Waals surface area contributed by atoms with Crippen molar-refractivity contribution in [2.24, 2.45) is 0 Å². The molecule has 2 aromatic carbocycles. The number of hydrogen-bond acceptors (Lipinski definition) is 11. The third kappa shape index (κ3) is 5.36. The van der Waals surface area contributed by atoms with Gasteiger partial charge < -0.3 is 15.0 Å². The topological polar surface area (TPSA) is 131 Å². The fraction of sp³-hybridized carbons (Fsp3) is 0.447. The highest BCUT2D eigenvalue weighted by molar-refractivity contribution is 7.90. The van der Waals surface area contributed by atoms with Gasteiger partial charge in [0.1, 0.15) is 35.8 Å². The maximum atomic E-state index is 17.0. The van der Waals surface area contributed by atoms with Crippen LogP contribution in [-0.2, 0) is 10.0 Å². The number of fused-ring (bicyclic) bond motifs is 5. The van der Waals surface area contributed by atoms with E-state index in [-0.39, 0.29) is 47.4 Å². The third-order valence-corrected chi connectivity index (χ3v) is 13.8. The van der Waals surface area contributed by atoms with E-state index in [0.717, 1.165) is 49.2 Å². The van der Waals surface area contributed by atoms with Gasteiger partial charge in [-0.1, -0.05) is 30.2 Å². The van der Waals surface area contributed by atoms with Crippen molar-refractivity contribution in [1.29, 1.82) is 0 Å². The number of hydrogen-bond donors (Lipinski definition) is 1. The Kier molecular flexibility index (Phi) is 7.51. The van der Waals surface area contributed by atoms with Crippen LogP contribution in [0.4, 0.5) is 14.6 Å². The molecule has 1 saturated carbocycles. The number of nitrogens with one attached hydrogen (secondary N) is 1. The quantitative estimate of drug-likeness (QED) is 0.228. The van der Waals surface area contributed by atoms with E-state index in [9.17, 15) is 12.8 Å². The number of piperazine rings is 1. The number of halogens is 2. The lowest BCUT2D eigenvalue weighted by Gasteiger charge is -2.34. The minimum Gasteiger partial charge on any atom is -0.461 e. The summed E-state index contributed by atoms with van der Waals surface area (Å²) in [5.74, 6) is 2.52. The summed E-state index contributed by atoms with van der Waals surface area (Å²) in [7, 11) is -3.79. The number of nitrogens with zero attached hydrogens (tertiary/aromatic N) is 8. The molecular weight excluding hydrogens is 701 g/mol. The number of terminal acetylenes is 1. The molecule has 4 aliphatic heterocycles. The van der Waals surface area contributed by atoms with Gasteiger partial charge in [-0.05, 0) is 62.9 Å². The zero-order valence-corrected chi connectivity index (χ0v) is 29.7. The van der Waals surface area contributed by atoms with Crippen molar-refractivity contribution < 1.29 is 21.9 Å². The molecule has 5 aliphatic rings. The number of pyridine rings is 1. The molecule has 53 heavy (non-hydrogen) atoms. The summed E-state index contributed by atoms with van der Waals surface area (Å²) in [6, 6.07) is 8.71. The van der Waals surface area contributed by atoms with E-state index >= 15 is 4.39 Å². The predicted molar refractivity (Wildman–Crippen MR) is 194 cm³/mol. The van der Waals surface area contributed by atoms with Gasteiger partial charge in [-0.2, -0.15) is 9.97 Å². The fourth-order valence-electron chi connectivity index (χ4n) is 9.11. The molecule has 12 nitrogen and oxygen atoms in total. The summed E-state index contributed by atoms with van der Waals surface area (Å²) in [5, 5.41) is 8.77. The number of aromatic nitrogens is 6. The first-order chi connectivity index (χ1) is 25.7. The second kappa shape index (κ2) is 12.1. The molecule has 3 aromatic heterocycles. The lowest BCUT2D eigenvalue weighted by atomic mass is 9.95. The first-order valence-corrected chi connectivity index (χ1v) is 19.8. The monoisotopic (exact) mass is 737 g/mol. The van der Waals surface area contributed by atoms with Crippen LogP contribution in [0.25, 0.3) is 32.9 Å². The molecule has 10 rings (SSSR count). The summed E-state index contributed by atoms with van der Waals surface area (Å²) in [4.78, 5) is 22.7. The number of ether oxygens (including phenoxy) is 1.